The van der Waals surface area contributed by atoms with Crippen LogP contribution in [0.25, 0.3) is 20.4 Å². The van der Waals surface area contributed by atoms with Crippen molar-refractivity contribution in [3.05, 3.63) is 28.4 Å². The summed E-state index contributed by atoms with van der Waals surface area (Å²) in [5, 5.41) is 10.1. The molecule has 0 amide bonds. The van der Waals surface area contributed by atoms with Gasteiger partial charge in [-0.15, -0.1) is 11.3 Å². The molecule has 3 aromatic rings. The first kappa shape index (κ1) is 16.0. The quantitative estimate of drug-likeness (QED) is 0.705. The third-order valence-corrected chi connectivity index (χ3v) is 5.98. The Kier molecular flexibility index (Phi) is 3.92. The molecule has 6 nitrogen and oxygen atoms in total. The molecule has 25 heavy (non-hydrogen) atoms. The topological polar surface area (TPSA) is 74.8 Å². The van der Waals surface area contributed by atoms with Gasteiger partial charge in [0, 0.05) is 20.1 Å². The summed E-state index contributed by atoms with van der Waals surface area (Å²) in [7, 11) is 3.84. The molecule has 3 aromatic heterocycles. The van der Waals surface area contributed by atoms with Crippen LogP contribution in [0.5, 0.6) is 0 Å². The van der Waals surface area contributed by atoms with E-state index in [0.717, 1.165) is 23.9 Å². The first-order valence-electron chi connectivity index (χ1n) is 8.52. The van der Waals surface area contributed by atoms with E-state index < -0.39 is 0 Å². The lowest BCUT2D eigenvalue weighted by atomic mass is 9.95. The molecule has 1 fully saturated rings. The number of fused-ring (bicyclic) bond motifs is 3. The third kappa shape index (κ3) is 2.57. The number of anilines is 1. The van der Waals surface area contributed by atoms with Crippen LogP contribution in [0.1, 0.15) is 43.8 Å². The number of nitrogens with zero attached hydrogens (tertiary/aromatic N) is 5. The number of nitriles is 1. The van der Waals surface area contributed by atoms with Crippen molar-refractivity contribution >= 4 is 37.5 Å². The van der Waals surface area contributed by atoms with E-state index in [2.05, 4.69) is 16.0 Å². The van der Waals surface area contributed by atoms with Crippen molar-refractivity contribution in [1.82, 2.24) is 14.5 Å². The van der Waals surface area contributed by atoms with Crippen LogP contribution in [0.2, 0.25) is 0 Å². The van der Waals surface area contributed by atoms with E-state index in [-0.39, 0.29) is 11.6 Å². The molecule has 128 valence electrons. The lowest BCUT2D eigenvalue weighted by molar-refractivity contribution is 0.345. The van der Waals surface area contributed by atoms with Gasteiger partial charge in [-0.1, -0.05) is 19.3 Å². The minimum Gasteiger partial charge on any atom is -0.377 e. The Bertz CT molecular complexity index is 1050. The zero-order valence-corrected chi connectivity index (χ0v) is 15.1. The van der Waals surface area contributed by atoms with Gasteiger partial charge in [-0.05, 0) is 18.9 Å². The van der Waals surface area contributed by atoms with Crippen LogP contribution < -0.4 is 10.5 Å². The largest absolute Gasteiger partial charge is 0.377 e. The van der Waals surface area contributed by atoms with Gasteiger partial charge in [-0.2, -0.15) is 5.26 Å². The number of thiophene rings is 1. The fourth-order valence-electron chi connectivity index (χ4n) is 3.65. The molecule has 1 saturated carbocycles. The van der Waals surface area contributed by atoms with Crippen molar-refractivity contribution in [2.45, 2.75) is 38.1 Å². The van der Waals surface area contributed by atoms with E-state index in [1.807, 2.05) is 19.0 Å². The molecule has 4 rings (SSSR count). The van der Waals surface area contributed by atoms with Gasteiger partial charge in [0.05, 0.1) is 22.9 Å². The summed E-state index contributed by atoms with van der Waals surface area (Å²) in [5.74, 6) is 0. The number of rotatable bonds is 2. The highest BCUT2D eigenvalue weighted by Crippen LogP contribution is 2.36. The number of aromatic nitrogens is 3. The van der Waals surface area contributed by atoms with Crippen LogP contribution in [0.3, 0.4) is 0 Å². The van der Waals surface area contributed by atoms with E-state index in [1.165, 1.54) is 30.6 Å². The van der Waals surface area contributed by atoms with Gasteiger partial charge in [0.2, 0.25) is 0 Å². The van der Waals surface area contributed by atoms with Gasteiger partial charge >= 0.3 is 0 Å². The minimum absolute atomic E-state index is 0.0168. The summed E-state index contributed by atoms with van der Waals surface area (Å²) in [4.78, 5) is 24.7. The monoisotopic (exact) mass is 353 g/mol. The Morgan fingerprint density at radius 1 is 1.32 bits per heavy atom. The highest BCUT2D eigenvalue weighted by molar-refractivity contribution is 7.25. The summed E-state index contributed by atoms with van der Waals surface area (Å²) < 4.78 is 2.44. The maximum absolute atomic E-state index is 13.1. The molecule has 0 radical (unpaired) electrons. The lowest BCUT2D eigenvalue weighted by Crippen LogP contribution is -2.26. The SMILES string of the molecule is CN(C)c1cc(C#N)nc2sc3c(=O)n(C4CCCCC4)cnc3c12. The average Bonchev–Trinajstić information content (AvgIpc) is 3.01. The van der Waals surface area contributed by atoms with Gasteiger partial charge in [-0.25, -0.2) is 9.97 Å². The summed E-state index contributed by atoms with van der Waals surface area (Å²) in [6.07, 6.45) is 7.36. The maximum atomic E-state index is 13.1. The van der Waals surface area contributed by atoms with Gasteiger partial charge in [0.1, 0.15) is 21.3 Å². The molecule has 0 aliphatic heterocycles. The molecule has 0 saturated heterocycles. The van der Waals surface area contributed by atoms with Crippen molar-refractivity contribution in [1.29, 1.82) is 5.26 Å². The molecule has 0 aromatic carbocycles. The van der Waals surface area contributed by atoms with Crippen LogP contribution in [0, 0.1) is 11.3 Å². The van der Waals surface area contributed by atoms with Crippen molar-refractivity contribution in [3.8, 4) is 6.07 Å². The standard InChI is InChI=1S/C18H19N5OS/c1-22(2)13-8-11(9-19)21-17-14(13)15-16(25-17)18(24)23(10-20-15)12-6-4-3-5-7-12/h8,10,12H,3-7H2,1-2H3. The van der Waals surface area contributed by atoms with Gasteiger partial charge < -0.3 is 4.90 Å². The zero-order valence-electron chi connectivity index (χ0n) is 14.3. The van der Waals surface area contributed by atoms with Crippen LogP contribution in [-0.2, 0) is 0 Å². The molecule has 1 aliphatic carbocycles. The first-order chi connectivity index (χ1) is 12.1. The molecular formula is C18H19N5OS. The van der Waals surface area contributed by atoms with E-state index in [1.54, 1.807) is 17.0 Å². The summed E-state index contributed by atoms with van der Waals surface area (Å²) >= 11 is 1.34. The highest BCUT2D eigenvalue weighted by atomic mass is 32.1. The van der Waals surface area contributed by atoms with E-state index in [9.17, 15) is 10.1 Å². The van der Waals surface area contributed by atoms with Crippen molar-refractivity contribution < 1.29 is 0 Å². The summed E-state index contributed by atoms with van der Waals surface area (Å²) in [6, 6.07) is 4.10. The predicted molar refractivity (Wildman–Crippen MR) is 100 cm³/mol. The Labute approximate surface area is 149 Å². The zero-order chi connectivity index (χ0) is 17.6. The summed E-state index contributed by atoms with van der Waals surface area (Å²) in [6.45, 7) is 0. The minimum atomic E-state index is 0.0168. The molecule has 0 spiro atoms. The second kappa shape index (κ2) is 6.12. The highest BCUT2D eigenvalue weighted by Gasteiger charge is 2.21. The Balaban J connectivity index is 1.99. The van der Waals surface area contributed by atoms with Crippen LogP contribution in [0.4, 0.5) is 5.69 Å². The van der Waals surface area contributed by atoms with Crippen molar-refractivity contribution in [2.75, 3.05) is 19.0 Å². The van der Waals surface area contributed by atoms with Gasteiger partial charge in [-0.3, -0.25) is 9.36 Å². The average molecular weight is 353 g/mol. The number of pyridine rings is 1. The lowest BCUT2D eigenvalue weighted by Gasteiger charge is -2.23. The summed E-state index contributed by atoms with van der Waals surface area (Å²) in [5.41, 5.74) is 1.94. The fourth-order valence-corrected chi connectivity index (χ4v) is 4.74. The van der Waals surface area contributed by atoms with E-state index in [4.69, 9.17) is 0 Å². The van der Waals surface area contributed by atoms with Crippen LogP contribution >= 0.6 is 11.3 Å². The van der Waals surface area contributed by atoms with E-state index in [0.29, 0.717) is 20.7 Å². The molecule has 1 aliphatic rings. The fraction of sp³-hybridized carbons (Fsp3) is 0.444. The molecule has 0 bridgehead atoms. The normalized spacial score (nSPS) is 15.6. The molecule has 0 N–H and O–H groups in total. The number of hydrogen-bond acceptors (Lipinski definition) is 6. The van der Waals surface area contributed by atoms with Crippen molar-refractivity contribution in [3.63, 3.8) is 0 Å². The molecule has 7 heteroatoms. The molecule has 3 heterocycles. The third-order valence-electron chi connectivity index (χ3n) is 4.92. The number of hydrogen-bond donors (Lipinski definition) is 0. The van der Waals surface area contributed by atoms with Crippen LogP contribution in [0.15, 0.2) is 17.2 Å². The first-order valence-corrected chi connectivity index (χ1v) is 9.33. The van der Waals surface area contributed by atoms with Gasteiger partial charge in [0.25, 0.3) is 5.56 Å². The Morgan fingerprint density at radius 3 is 2.76 bits per heavy atom. The Hall–Kier alpha value is -2.46. The second-order valence-corrected chi connectivity index (χ2v) is 7.74. The molecule has 0 unspecified atom stereocenters. The maximum Gasteiger partial charge on any atom is 0.271 e. The molecular weight excluding hydrogens is 334 g/mol. The van der Waals surface area contributed by atoms with Crippen LogP contribution in [-0.4, -0.2) is 28.6 Å². The second-order valence-electron chi connectivity index (χ2n) is 6.74. The Morgan fingerprint density at radius 2 is 2.08 bits per heavy atom. The molecule has 0 atom stereocenters. The smallest absolute Gasteiger partial charge is 0.271 e. The predicted octanol–water partition coefficient (Wildman–Crippen LogP) is 3.45. The van der Waals surface area contributed by atoms with E-state index >= 15 is 0 Å². The van der Waals surface area contributed by atoms with Crippen molar-refractivity contribution in [2.24, 2.45) is 0 Å². The van der Waals surface area contributed by atoms with Gasteiger partial charge in [0.15, 0.2) is 0 Å².